The SMILES string of the molecule is COCc1nc(N2CCOC3CCCC32)sc1C=O. The molecule has 2 aliphatic rings. The number of thiazole rings is 1. The van der Waals surface area contributed by atoms with E-state index >= 15 is 0 Å². The highest BCUT2D eigenvalue weighted by atomic mass is 32.1. The molecule has 2 atom stereocenters. The van der Waals surface area contributed by atoms with Crippen LogP contribution in [0.4, 0.5) is 5.13 Å². The molecule has 0 amide bonds. The fourth-order valence-corrected chi connectivity index (χ4v) is 3.94. The lowest BCUT2D eigenvalue weighted by Gasteiger charge is -2.37. The molecule has 1 saturated carbocycles. The predicted octanol–water partition coefficient (Wildman–Crippen LogP) is 1.86. The van der Waals surface area contributed by atoms with Gasteiger partial charge in [-0.1, -0.05) is 11.3 Å². The second kappa shape index (κ2) is 5.56. The van der Waals surface area contributed by atoms with Crippen molar-refractivity contribution in [2.24, 2.45) is 0 Å². The first kappa shape index (κ1) is 13.0. The van der Waals surface area contributed by atoms with E-state index in [1.807, 2.05) is 0 Å². The van der Waals surface area contributed by atoms with E-state index in [4.69, 9.17) is 9.47 Å². The largest absolute Gasteiger partial charge is 0.378 e. The molecule has 1 aliphatic carbocycles. The van der Waals surface area contributed by atoms with E-state index in [0.29, 0.717) is 23.6 Å². The summed E-state index contributed by atoms with van der Waals surface area (Å²) >= 11 is 1.47. The number of carbonyl (C=O) groups excluding carboxylic acids is 1. The van der Waals surface area contributed by atoms with Crippen LogP contribution in [0.15, 0.2) is 0 Å². The molecule has 0 aromatic carbocycles. The Balaban J connectivity index is 1.86. The third-order valence-electron chi connectivity index (χ3n) is 3.83. The quantitative estimate of drug-likeness (QED) is 0.789. The van der Waals surface area contributed by atoms with Crippen molar-refractivity contribution >= 4 is 22.8 Å². The minimum Gasteiger partial charge on any atom is -0.378 e. The molecule has 2 heterocycles. The molecule has 1 aromatic rings. The summed E-state index contributed by atoms with van der Waals surface area (Å²) in [7, 11) is 1.62. The van der Waals surface area contributed by atoms with Gasteiger partial charge in [-0.15, -0.1) is 0 Å². The zero-order valence-corrected chi connectivity index (χ0v) is 11.8. The third-order valence-corrected chi connectivity index (χ3v) is 4.89. The van der Waals surface area contributed by atoms with Gasteiger partial charge in [-0.3, -0.25) is 4.79 Å². The Hall–Kier alpha value is -0.980. The van der Waals surface area contributed by atoms with Crippen LogP contribution in [0.25, 0.3) is 0 Å². The summed E-state index contributed by atoms with van der Waals surface area (Å²) in [4.78, 5) is 18.7. The number of morpholine rings is 1. The Morgan fingerprint density at radius 1 is 1.58 bits per heavy atom. The Kier molecular flexibility index (Phi) is 3.81. The molecule has 104 valence electrons. The lowest BCUT2D eigenvalue weighted by molar-refractivity contribution is 0.0256. The number of hydrogen-bond donors (Lipinski definition) is 0. The number of ether oxygens (including phenoxy) is 2. The monoisotopic (exact) mass is 282 g/mol. The first-order valence-corrected chi connectivity index (χ1v) is 7.47. The average Bonchev–Trinajstić information content (AvgIpc) is 3.04. The van der Waals surface area contributed by atoms with Crippen molar-refractivity contribution in [1.82, 2.24) is 4.98 Å². The van der Waals surface area contributed by atoms with Crippen LogP contribution in [0, 0.1) is 0 Å². The third kappa shape index (κ3) is 2.40. The molecule has 1 saturated heterocycles. The molecule has 2 unspecified atom stereocenters. The minimum atomic E-state index is 0.336. The van der Waals surface area contributed by atoms with Crippen molar-refractivity contribution in [1.29, 1.82) is 0 Å². The van der Waals surface area contributed by atoms with Gasteiger partial charge in [0.05, 0.1) is 35.9 Å². The van der Waals surface area contributed by atoms with E-state index in [2.05, 4.69) is 9.88 Å². The van der Waals surface area contributed by atoms with Crippen molar-refractivity contribution in [3.8, 4) is 0 Å². The molecule has 0 bridgehead atoms. The lowest BCUT2D eigenvalue weighted by atomic mass is 10.1. The summed E-state index contributed by atoms with van der Waals surface area (Å²) < 4.78 is 10.9. The van der Waals surface area contributed by atoms with Gasteiger partial charge >= 0.3 is 0 Å². The standard InChI is InChI=1S/C13H18N2O3S/c1-17-8-9-12(7-16)19-13(14-9)15-5-6-18-11-4-2-3-10(11)15/h7,10-11H,2-6,8H2,1H3. The van der Waals surface area contributed by atoms with Crippen LogP contribution in [0.3, 0.4) is 0 Å². The van der Waals surface area contributed by atoms with Crippen LogP contribution in [-0.4, -0.2) is 43.7 Å². The number of carbonyl (C=O) groups is 1. The van der Waals surface area contributed by atoms with Gasteiger partial charge in [0.25, 0.3) is 0 Å². The van der Waals surface area contributed by atoms with Gasteiger partial charge in [-0.2, -0.15) is 0 Å². The summed E-state index contributed by atoms with van der Waals surface area (Å²) in [6, 6.07) is 0.426. The minimum absolute atomic E-state index is 0.336. The maximum absolute atomic E-state index is 11.1. The molecule has 0 radical (unpaired) electrons. The van der Waals surface area contributed by atoms with Gasteiger partial charge in [-0.25, -0.2) is 4.98 Å². The number of aldehydes is 1. The number of nitrogens with zero attached hydrogens (tertiary/aromatic N) is 2. The first-order chi connectivity index (χ1) is 9.33. The molecule has 2 fully saturated rings. The van der Waals surface area contributed by atoms with Crippen LogP contribution in [0.2, 0.25) is 0 Å². The molecule has 19 heavy (non-hydrogen) atoms. The summed E-state index contributed by atoms with van der Waals surface area (Å²) in [6.07, 6.45) is 4.71. The number of aromatic nitrogens is 1. The molecular weight excluding hydrogens is 264 g/mol. The fraction of sp³-hybridized carbons (Fsp3) is 0.692. The van der Waals surface area contributed by atoms with Gasteiger partial charge in [0.15, 0.2) is 11.4 Å². The van der Waals surface area contributed by atoms with Crippen LogP contribution in [-0.2, 0) is 16.1 Å². The van der Waals surface area contributed by atoms with E-state index in [0.717, 1.165) is 43.1 Å². The van der Waals surface area contributed by atoms with Gasteiger partial charge in [0, 0.05) is 13.7 Å². The van der Waals surface area contributed by atoms with Gasteiger partial charge in [0.1, 0.15) is 0 Å². The van der Waals surface area contributed by atoms with Gasteiger partial charge in [0.2, 0.25) is 0 Å². The Morgan fingerprint density at radius 2 is 2.47 bits per heavy atom. The maximum Gasteiger partial charge on any atom is 0.186 e. The molecule has 3 rings (SSSR count). The molecular formula is C13H18N2O3S. The van der Waals surface area contributed by atoms with E-state index in [1.54, 1.807) is 7.11 Å². The predicted molar refractivity (Wildman–Crippen MR) is 72.9 cm³/mol. The van der Waals surface area contributed by atoms with E-state index in [9.17, 15) is 4.79 Å². The Labute approximate surface area is 116 Å². The zero-order valence-electron chi connectivity index (χ0n) is 11.0. The van der Waals surface area contributed by atoms with Crippen molar-refractivity contribution < 1.29 is 14.3 Å². The van der Waals surface area contributed by atoms with E-state index in [-0.39, 0.29) is 0 Å². The summed E-state index contributed by atoms with van der Waals surface area (Å²) in [5.74, 6) is 0. The zero-order chi connectivity index (χ0) is 13.2. The van der Waals surface area contributed by atoms with Crippen molar-refractivity contribution in [3.05, 3.63) is 10.6 Å². The lowest BCUT2D eigenvalue weighted by Crippen LogP contribution is -2.48. The molecule has 0 spiro atoms. The highest BCUT2D eigenvalue weighted by Gasteiger charge is 2.37. The molecule has 6 heteroatoms. The molecule has 0 N–H and O–H groups in total. The van der Waals surface area contributed by atoms with Crippen LogP contribution >= 0.6 is 11.3 Å². The van der Waals surface area contributed by atoms with Crippen LogP contribution < -0.4 is 4.90 Å². The summed E-state index contributed by atoms with van der Waals surface area (Å²) in [5, 5.41) is 0.939. The van der Waals surface area contributed by atoms with Crippen LogP contribution in [0.5, 0.6) is 0 Å². The topological polar surface area (TPSA) is 51.7 Å². The maximum atomic E-state index is 11.1. The smallest absolute Gasteiger partial charge is 0.186 e. The number of fused-ring (bicyclic) bond motifs is 1. The highest BCUT2D eigenvalue weighted by molar-refractivity contribution is 7.17. The van der Waals surface area contributed by atoms with Crippen molar-refractivity contribution in [2.75, 3.05) is 25.2 Å². The van der Waals surface area contributed by atoms with Crippen molar-refractivity contribution in [3.63, 3.8) is 0 Å². The van der Waals surface area contributed by atoms with Gasteiger partial charge in [-0.05, 0) is 19.3 Å². The van der Waals surface area contributed by atoms with Crippen molar-refractivity contribution in [2.45, 2.75) is 38.0 Å². The first-order valence-electron chi connectivity index (χ1n) is 6.65. The number of anilines is 1. The Morgan fingerprint density at radius 3 is 3.26 bits per heavy atom. The van der Waals surface area contributed by atoms with Crippen LogP contribution in [0.1, 0.15) is 34.6 Å². The van der Waals surface area contributed by atoms with E-state index < -0.39 is 0 Å². The average molecular weight is 282 g/mol. The second-order valence-electron chi connectivity index (χ2n) is 4.96. The summed E-state index contributed by atoms with van der Waals surface area (Å²) in [5.41, 5.74) is 0.749. The second-order valence-corrected chi connectivity index (χ2v) is 5.97. The van der Waals surface area contributed by atoms with E-state index in [1.165, 1.54) is 17.8 Å². The normalized spacial score (nSPS) is 26.5. The summed E-state index contributed by atoms with van der Waals surface area (Å²) in [6.45, 7) is 2.00. The Bertz CT molecular complexity index is 463. The van der Waals surface area contributed by atoms with Gasteiger partial charge < -0.3 is 14.4 Å². The fourth-order valence-electron chi connectivity index (χ4n) is 2.97. The molecule has 5 nitrogen and oxygen atoms in total. The number of rotatable bonds is 4. The molecule has 1 aromatic heterocycles. The highest BCUT2D eigenvalue weighted by Crippen LogP contribution is 2.35. The molecule has 1 aliphatic heterocycles. The number of hydrogen-bond acceptors (Lipinski definition) is 6. The number of methoxy groups -OCH3 is 1.